The van der Waals surface area contributed by atoms with E-state index in [0.29, 0.717) is 59.5 Å². The Morgan fingerprint density at radius 2 is 1.39 bits per heavy atom. The Labute approximate surface area is 259 Å². The zero-order chi connectivity index (χ0) is 32.6. The van der Waals surface area contributed by atoms with Gasteiger partial charge in [0.05, 0.1) is 18.8 Å². The van der Waals surface area contributed by atoms with E-state index in [1.54, 1.807) is 38.1 Å². The van der Waals surface area contributed by atoms with Gasteiger partial charge in [-0.3, -0.25) is 0 Å². The van der Waals surface area contributed by atoms with Crippen LogP contribution in [0.1, 0.15) is 64.5 Å². The average Bonchev–Trinajstić information content (AvgIpc) is 3.01. The minimum absolute atomic E-state index is 0.276. The van der Waals surface area contributed by atoms with E-state index in [-0.39, 0.29) is 6.61 Å². The summed E-state index contributed by atoms with van der Waals surface area (Å²) in [7, 11) is 0. The third kappa shape index (κ3) is 10.8. The maximum absolute atomic E-state index is 13.1. The second-order valence-corrected chi connectivity index (χ2v) is 10.0. The van der Waals surface area contributed by atoms with Crippen LogP contribution in [0.5, 0.6) is 5.75 Å². The van der Waals surface area contributed by atoms with Crippen LogP contribution in [0.2, 0.25) is 0 Å². The number of rotatable bonds is 15. The number of carbonyl (C=O) groups excluding carboxylic acids is 3. The molecule has 0 radical (unpaired) electrons. The number of fused-ring (bicyclic) bond motifs is 1. The number of aryl methyl sites for hydroxylation is 2. The fourth-order valence-electron chi connectivity index (χ4n) is 4.19. The molecular weight excluding hydrogens is 560 g/mol. The highest BCUT2D eigenvalue weighted by Crippen LogP contribution is 2.28. The summed E-state index contributed by atoms with van der Waals surface area (Å²) in [4.78, 5) is 47.8. The fraction of sp³-hybridized carbons (Fsp3) is 0.333. The van der Waals surface area contributed by atoms with Crippen LogP contribution in [0.25, 0.3) is 22.1 Å². The smallest absolute Gasteiger partial charge is 0.344 e. The average molecular weight is 603 g/mol. The molecule has 234 valence electrons. The predicted molar refractivity (Wildman–Crippen MR) is 173 cm³/mol. The lowest BCUT2D eigenvalue weighted by molar-refractivity contribution is -0.139. The van der Waals surface area contributed by atoms with E-state index >= 15 is 0 Å². The number of benzene rings is 2. The maximum atomic E-state index is 13.1. The van der Waals surface area contributed by atoms with E-state index in [9.17, 15) is 19.2 Å². The molecule has 0 amide bonds. The van der Waals surface area contributed by atoms with Crippen molar-refractivity contribution in [3.8, 4) is 16.9 Å². The highest BCUT2D eigenvalue weighted by Gasteiger charge is 2.14. The molecule has 0 aliphatic heterocycles. The van der Waals surface area contributed by atoms with Gasteiger partial charge in [-0.1, -0.05) is 51.8 Å². The molecule has 44 heavy (non-hydrogen) atoms. The second kappa shape index (κ2) is 18.1. The van der Waals surface area contributed by atoms with Crippen molar-refractivity contribution < 1.29 is 33.0 Å². The number of unbranched alkanes of at least 4 members (excludes halogenated alkanes) is 2. The third-order valence-electron chi connectivity index (χ3n) is 6.38. The number of hydrogen-bond donors (Lipinski definition) is 0. The Hall–Kier alpha value is -4.72. The van der Waals surface area contributed by atoms with Crippen LogP contribution < -0.4 is 10.4 Å². The van der Waals surface area contributed by atoms with Gasteiger partial charge in [0.2, 0.25) is 0 Å². The van der Waals surface area contributed by atoms with Gasteiger partial charge in [-0.05, 0) is 93.3 Å². The molecule has 0 atom stereocenters. The Balaban J connectivity index is 0.00000330. The molecule has 2 aromatic carbocycles. The van der Waals surface area contributed by atoms with Crippen molar-refractivity contribution in [1.29, 1.82) is 0 Å². The number of hydrogen-bond acceptors (Lipinski definition) is 8. The Morgan fingerprint density at radius 1 is 0.818 bits per heavy atom. The standard InChI is InChI=1S/C34H36O8.C2H6/c1-6-30(35)41-28-15-13-25(14-16-28)29-21-27-20-24(11-7-9-17-39-32(36)22(2)3)19-26(31(27)42-34(29)38)12-8-10-18-40-33(37)23(4)5;1-2/h6,13-16,19-21H,1-2,4,7-12,17-18H2,3,5H3;1-2H3. The Morgan fingerprint density at radius 3 is 1.93 bits per heavy atom. The lowest BCUT2D eigenvalue weighted by Gasteiger charge is -2.12. The van der Waals surface area contributed by atoms with Crippen molar-refractivity contribution in [3.63, 3.8) is 0 Å². The van der Waals surface area contributed by atoms with Gasteiger partial charge in [-0.15, -0.1) is 0 Å². The van der Waals surface area contributed by atoms with Crippen molar-refractivity contribution in [2.24, 2.45) is 0 Å². The maximum Gasteiger partial charge on any atom is 0.344 e. The van der Waals surface area contributed by atoms with Gasteiger partial charge < -0.3 is 18.6 Å². The Bertz CT molecular complexity index is 1540. The topological polar surface area (TPSA) is 109 Å². The van der Waals surface area contributed by atoms with Crippen LogP contribution in [0.15, 0.2) is 88.6 Å². The summed E-state index contributed by atoms with van der Waals surface area (Å²) >= 11 is 0. The van der Waals surface area contributed by atoms with E-state index in [0.717, 1.165) is 41.9 Å². The van der Waals surface area contributed by atoms with Gasteiger partial charge in [0.1, 0.15) is 11.3 Å². The minimum Gasteiger partial charge on any atom is -0.462 e. The molecule has 8 heteroatoms. The summed E-state index contributed by atoms with van der Waals surface area (Å²) in [5.41, 5.74) is 3.70. The van der Waals surface area contributed by atoms with Gasteiger partial charge in [0.15, 0.2) is 0 Å². The molecule has 1 heterocycles. The first kappa shape index (κ1) is 35.5. The van der Waals surface area contributed by atoms with Crippen molar-refractivity contribution >= 4 is 28.9 Å². The van der Waals surface area contributed by atoms with Gasteiger partial charge in [-0.25, -0.2) is 19.2 Å². The molecule has 0 N–H and O–H groups in total. The summed E-state index contributed by atoms with van der Waals surface area (Å²) < 4.78 is 21.4. The summed E-state index contributed by atoms with van der Waals surface area (Å²) in [6, 6.07) is 12.4. The summed E-state index contributed by atoms with van der Waals surface area (Å²) in [6.45, 7) is 18.4. The zero-order valence-corrected chi connectivity index (χ0v) is 26.2. The van der Waals surface area contributed by atoms with Crippen molar-refractivity contribution in [3.05, 3.63) is 101 Å². The first-order chi connectivity index (χ1) is 21.1. The largest absolute Gasteiger partial charge is 0.462 e. The summed E-state index contributed by atoms with van der Waals surface area (Å²) in [5, 5.41) is 0.779. The molecule has 0 unspecified atom stereocenters. The van der Waals surface area contributed by atoms with E-state index in [1.165, 1.54) is 0 Å². The monoisotopic (exact) mass is 602 g/mol. The molecule has 0 aliphatic carbocycles. The van der Waals surface area contributed by atoms with Crippen LogP contribution in [-0.4, -0.2) is 31.1 Å². The molecule has 8 nitrogen and oxygen atoms in total. The first-order valence-corrected chi connectivity index (χ1v) is 14.8. The van der Waals surface area contributed by atoms with Gasteiger partial charge in [-0.2, -0.15) is 0 Å². The van der Waals surface area contributed by atoms with Gasteiger partial charge >= 0.3 is 23.5 Å². The van der Waals surface area contributed by atoms with E-state index < -0.39 is 23.5 Å². The second-order valence-electron chi connectivity index (χ2n) is 10.0. The number of esters is 3. The van der Waals surface area contributed by atoms with Crippen LogP contribution in [-0.2, 0) is 36.7 Å². The predicted octanol–water partition coefficient (Wildman–Crippen LogP) is 7.46. The molecule has 0 bridgehead atoms. The first-order valence-electron chi connectivity index (χ1n) is 14.8. The molecule has 1 aromatic heterocycles. The van der Waals surface area contributed by atoms with Gasteiger partial charge in [0, 0.05) is 22.6 Å². The molecule has 0 fully saturated rings. The van der Waals surface area contributed by atoms with Crippen LogP contribution in [0, 0.1) is 0 Å². The lowest BCUT2D eigenvalue weighted by Crippen LogP contribution is -2.07. The minimum atomic E-state index is -0.573. The van der Waals surface area contributed by atoms with Crippen molar-refractivity contribution in [2.45, 2.75) is 66.2 Å². The molecule has 0 aliphatic rings. The summed E-state index contributed by atoms with van der Waals surface area (Å²) in [5.74, 6) is -1.05. The number of carbonyl (C=O) groups is 3. The van der Waals surface area contributed by atoms with E-state index in [1.807, 2.05) is 32.0 Å². The lowest BCUT2D eigenvalue weighted by atomic mass is 9.97. The quantitative estimate of drug-likeness (QED) is 0.0580. The van der Waals surface area contributed by atoms with E-state index in [4.69, 9.17) is 18.6 Å². The van der Waals surface area contributed by atoms with Crippen molar-refractivity contribution in [1.82, 2.24) is 0 Å². The van der Waals surface area contributed by atoms with Crippen LogP contribution in [0.4, 0.5) is 0 Å². The Kier molecular flexibility index (Phi) is 14.6. The van der Waals surface area contributed by atoms with Gasteiger partial charge in [0.25, 0.3) is 0 Å². The normalized spacial score (nSPS) is 10.3. The number of ether oxygens (including phenoxy) is 3. The molecule has 0 spiro atoms. The summed E-state index contributed by atoms with van der Waals surface area (Å²) in [6.07, 6.45) is 5.28. The fourth-order valence-corrected chi connectivity index (χ4v) is 4.19. The van der Waals surface area contributed by atoms with E-state index in [2.05, 4.69) is 19.7 Å². The highest BCUT2D eigenvalue weighted by atomic mass is 16.5. The van der Waals surface area contributed by atoms with Crippen LogP contribution in [0.3, 0.4) is 0 Å². The SMILES string of the molecule is C=CC(=O)Oc1ccc(-c2cc3cc(CCCCOC(=O)C(=C)C)cc(CCCCOC(=O)C(=C)C)c3oc2=O)cc1.CC. The molecule has 3 rings (SSSR count). The molecule has 0 saturated carbocycles. The highest BCUT2D eigenvalue weighted by molar-refractivity contribution is 5.87. The molecule has 3 aromatic rings. The third-order valence-corrected chi connectivity index (χ3v) is 6.38. The molecular formula is C36H42O8. The van der Waals surface area contributed by atoms with Crippen LogP contribution >= 0.6 is 0 Å². The van der Waals surface area contributed by atoms with Crippen molar-refractivity contribution in [2.75, 3.05) is 13.2 Å². The zero-order valence-electron chi connectivity index (χ0n) is 26.2. The molecule has 0 saturated heterocycles.